The number of carbonyl (C=O) groups excluding carboxylic acids is 1. The lowest BCUT2D eigenvalue weighted by molar-refractivity contribution is -0.140. The predicted octanol–water partition coefficient (Wildman–Crippen LogP) is 2.22. The van der Waals surface area contributed by atoms with Crippen LogP contribution in [0.3, 0.4) is 0 Å². The molecule has 1 heterocycles. The third-order valence-electron chi connectivity index (χ3n) is 4.20. The number of rotatable bonds is 2. The van der Waals surface area contributed by atoms with Crippen molar-refractivity contribution in [3.8, 4) is 0 Å². The van der Waals surface area contributed by atoms with E-state index in [1.54, 1.807) is 0 Å². The topological polar surface area (TPSA) is 57.6 Å². The van der Waals surface area contributed by atoms with Crippen LogP contribution >= 0.6 is 0 Å². The van der Waals surface area contributed by atoms with Gasteiger partial charge in [-0.25, -0.2) is 4.79 Å². The second kappa shape index (κ2) is 4.68. The van der Waals surface area contributed by atoms with Crippen molar-refractivity contribution < 1.29 is 14.7 Å². The van der Waals surface area contributed by atoms with Crippen LogP contribution in [0.5, 0.6) is 0 Å². The summed E-state index contributed by atoms with van der Waals surface area (Å²) in [6, 6.07) is 6.78. The quantitative estimate of drug-likeness (QED) is 0.886. The molecule has 0 spiro atoms. The van der Waals surface area contributed by atoms with Gasteiger partial charge < -0.3 is 5.11 Å². The lowest BCUT2D eigenvalue weighted by Gasteiger charge is -2.25. The number of para-hydroxylation sites is 1. The molecule has 1 atom stereocenters. The van der Waals surface area contributed by atoms with E-state index < -0.39 is 12.0 Å². The summed E-state index contributed by atoms with van der Waals surface area (Å²) >= 11 is 0. The van der Waals surface area contributed by atoms with Gasteiger partial charge in [-0.1, -0.05) is 31.0 Å². The maximum absolute atomic E-state index is 12.6. The number of benzene rings is 1. The van der Waals surface area contributed by atoms with Crippen LogP contribution in [0.15, 0.2) is 24.3 Å². The molecule has 19 heavy (non-hydrogen) atoms. The van der Waals surface area contributed by atoms with Crippen molar-refractivity contribution in [2.45, 2.75) is 38.1 Å². The molecule has 4 heteroatoms. The summed E-state index contributed by atoms with van der Waals surface area (Å²) in [7, 11) is 0. The second-order valence-corrected chi connectivity index (χ2v) is 5.38. The van der Waals surface area contributed by atoms with Gasteiger partial charge >= 0.3 is 5.97 Å². The number of hydrogen-bond acceptors (Lipinski definition) is 2. The number of carbonyl (C=O) groups is 2. The first-order chi connectivity index (χ1) is 9.18. The van der Waals surface area contributed by atoms with Crippen LogP contribution in [0.2, 0.25) is 0 Å². The SMILES string of the molecule is O=C(O)C1Cc2ccccc2N1C(=O)C1CCCC1. The Morgan fingerprint density at radius 3 is 2.53 bits per heavy atom. The van der Waals surface area contributed by atoms with Crippen molar-refractivity contribution >= 4 is 17.6 Å². The number of nitrogens with zero attached hydrogens (tertiary/aromatic N) is 1. The number of amides is 1. The van der Waals surface area contributed by atoms with Gasteiger partial charge in [-0.05, 0) is 24.5 Å². The molecular formula is C15H17NO3. The molecule has 0 radical (unpaired) electrons. The third-order valence-corrected chi connectivity index (χ3v) is 4.20. The Labute approximate surface area is 112 Å². The first kappa shape index (κ1) is 12.2. The summed E-state index contributed by atoms with van der Waals surface area (Å²) in [5.74, 6) is -0.912. The van der Waals surface area contributed by atoms with E-state index in [1.165, 1.54) is 4.90 Å². The van der Waals surface area contributed by atoms with Crippen molar-refractivity contribution in [3.63, 3.8) is 0 Å². The molecule has 1 N–H and O–H groups in total. The highest BCUT2D eigenvalue weighted by Crippen LogP contribution is 2.36. The Morgan fingerprint density at radius 1 is 1.16 bits per heavy atom. The average Bonchev–Trinajstić information content (AvgIpc) is 3.05. The van der Waals surface area contributed by atoms with Crippen LogP contribution in [0, 0.1) is 5.92 Å². The van der Waals surface area contributed by atoms with Crippen molar-refractivity contribution in [1.29, 1.82) is 0 Å². The van der Waals surface area contributed by atoms with Crippen LogP contribution in [0.4, 0.5) is 5.69 Å². The number of carboxylic acids is 1. The molecule has 3 rings (SSSR count). The molecule has 1 aromatic rings. The fraction of sp³-hybridized carbons (Fsp3) is 0.467. The predicted molar refractivity (Wildman–Crippen MR) is 71.0 cm³/mol. The largest absolute Gasteiger partial charge is 0.480 e. The highest BCUT2D eigenvalue weighted by molar-refractivity contribution is 6.03. The summed E-state index contributed by atoms with van der Waals surface area (Å²) < 4.78 is 0. The lowest BCUT2D eigenvalue weighted by Crippen LogP contribution is -2.45. The van der Waals surface area contributed by atoms with Gasteiger partial charge in [-0.15, -0.1) is 0 Å². The van der Waals surface area contributed by atoms with E-state index in [0.29, 0.717) is 6.42 Å². The number of carboxylic acid groups (broad SMARTS) is 1. The molecule has 2 aliphatic rings. The van der Waals surface area contributed by atoms with Crippen molar-refractivity contribution in [2.24, 2.45) is 5.92 Å². The van der Waals surface area contributed by atoms with Gasteiger partial charge in [0.1, 0.15) is 6.04 Å². The van der Waals surface area contributed by atoms with Gasteiger partial charge in [0.25, 0.3) is 0 Å². The Bertz CT molecular complexity index is 520. The minimum atomic E-state index is -0.914. The smallest absolute Gasteiger partial charge is 0.327 e. The van der Waals surface area contributed by atoms with Gasteiger partial charge in [0.15, 0.2) is 0 Å². The zero-order valence-corrected chi connectivity index (χ0v) is 10.7. The molecule has 1 aliphatic carbocycles. The molecule has 1 aliphatic heterocycles. The Morgan fingerprint density at radius 2 is 1.84 bits per heavy atom. The Hall–Kier alpha value is -1.84. The highest BCUT2D eigenvalue weighted by Gasteiger charge is 2.41. The summed E-state index contributed by atoms with van der Waals surface area (Å²) in [6.45, 7) is 0. The molecule has 100 valence electrons. The number of aliphatic carboxylic acids is 1. The molecule has 1 amide bonds. The van der Waals surface area contributed by atoms with Gasteiger partial charge in [-0.3, -0.25) is 9.69 Å². The fourth-order valence-electron chi connectivity index (χ4n) is 3.23. The zero-order valence-electron chi connectivity index (χ0n) is 10.7. The number of fused-ring (bicyclic) bond motifs is 1. The molecule has 1 saturated carbocycles. The lowest BCUT2D eigenvalue weighted by atomic mass is 10.1. The molecule has 1 unspecified atom stereocenters. The number of anilines is 1. The zero-order chi connectivity index (χ0) is 13.4. The van der Waals surface area contributed by atoms with Crippen LogP contribution in [0.25, 0.3) is 0 Å². The van der Waals surface area contributed by atoms with E-state index in [1.807, 2.05) is 24.3 Å². The fourth-order valence-corrected chi connectivity index (χ4v) is 3.23. The first-order valence-corrected chi connectivity index (χ1v) is 6.82. The van der Waals surface area contributed by atoms with Crippen LogP contribution in [-0.2, 0) is 16.0 Å². The number of hydrogen-bond donors (Lipinski definition) is 1. The first-order valence-electron chi connectivity index (χ1n) is 6.82. The van der Waals surface area contributed by atoms with Gasteiger partial charge in [0.05, 0.1) is 0 Å². The van der Waals surface area contributed by atoms with Gasteiger partial charge in [-0.2, -0.15) is 0 Å². The summed E-state index contributed by atoms with van der Waals surface area (Å²) in [5, 5.41) is 9.35. The van der Waals surface area contributed by atoms with Crippen LogP contribution < -0.4 is 4.90 Å². The van der Waals surface area contributed by atoms with Crippen molar-refractivity contribution in [3.05, 3.63) is 29.8 Å². The van der Waals surface area contributed by atoms with Crippen LogP contribution in [-0.4, -0.2) is 23.0 Å². The molecule has 1 aromatic carbocycles. The molecule has 0 bridgehead atoms. The molecule has 0 aromatic heterocycles. The molecular weight excluding hydrogens is 242 g/mol. The highest BCUT2D eigenvalue weighted by atomic mass is 16.4. The summed E-state index contributed by atoms with van der Waals surface area (Å²) in [4.78, 5) is 25.5. The Balaban J connectivity index is 1.95. The minimum absolute atomic E-state index is 0.00477. The second-order valence-electron chi connectivity index (χ2n) is 5.38. The maximum atomic E-state index is 12.6. The van der Waals surface area contributed by atoms with E-state index in [4.69, 9.17) is 0 Å². The van der Waals surface area contributed by atoms with E-state index in [2.05, 4.69) is 0 Å². The van der Waals surface area contributed by atoms with Crippen molar-refractivity contribution in [1.82, 2.24) is 0 Å². The molecule has 0 saturated heterocycles. The monoisotopic (exact) mass is 259 g/mol. The van der Waals surface area contributed by atoms with Crippen molar-refractivity contribution in [2.75, 3.05) is 4.90 Å². The average molecular weight is 259 g/mol. The van der Waals surface area contributed by atoms with E-state index >= 15 is 0 Å². The third kappa shape index (κ3) is 2.01. The van der Waals surface area contributed by atoms with E-state index in [0.717, 1.165) is 36.9 Å². The normalized spacial score (nSPS) is 22.5. The molecule has 1 fully saturated rings. The standard InChI is InChI=1S/C15H17NO3/c17-14(10-5-1-2-6-10)16-12-8-4-3-7-11(12)9-13(16)15(18)19/h3-4,7-8,10,13H,1-2,5-6,9H2,(H,18,19). The summed E-state index contributed by atoms with van der Waals surface area (Å²) in [5.41, 5.74) is 1.74. The minimum Gasteiger partial charge on any atom is -0.480 e. The maximum Gasteiger partial charge on any atom is 0.327 e. The van der Waals surface area contributed by atoms with Gasteiger partial charge in [0.2, 0.25) is 5.91 Å². The van der Waals surface area contributed by atoms with Crippen LogP contribution in [0.1, 0.15) is 31.2 Å². The summed E-state index contributed by atoms with van der Waals surface area (Å²) in [6.07, 6.45) is 4.35. The van der Waals surface area contributed by atoms with E-state index in [-0.39, 0.29) is 11.8 Å². The Kier molecular flexibility index (Phi) is 3.01. The molecule has 4 nitrogen and oxygen atoms in total. The van der Waals surface area contributed by atoms with E-state index in [9.17, 15) is 14.7 Å². The van der Waals surface area contributed by atoms with Gasteiger partial charge in [0, 0.05) is 18.0 Å².